The second-order valence-corrected chi connectivity index (χ2v) is 10.7. The number of hydrogen-bond acceptors (Lipinski definition) is 7. The van der Waals surface area contributed by atoms with Crippen molar-refractivity contribution >= 4 is 34.7 Å². The van der Waals surface area contributed by atoms with Crippen LogP contribution in [0, 0.1) is 12.7 Å². The van der Waals surface area contributed by atoms with Gasteiger partial charge in [0.2, 0.25) is 5.95 Å². The van der Waals surface area contributed by atoms with E-state index in [1.54, 1.807) is 0 Å². The molecule has 0 unspecified atom stereocenters. The smallest absolute Gasteiger partial charge is 0.229 e. The molecule has 3 heterocycles. The van der Waals surface area contributed by atoms with Gasteiger partial charge in [-0.1, -0.05) is 11.6 Å². The van der Waals surface area contributed by atoms with Crippen molar-refractivity contribution in [3.05, 3.63) is 46.6 Å². The number of aryl methyl sites for hydroxylation is 1. The second-order valence-electron chi connectivity index (χ2n) is 10.2. The summed E-state index contributed by atoms with van der Waals surface area (Å²) in [5.41, 5.74) is 2.96. The van der Waals surface area contributed by atoms with Crippen LogP contribution in [-0.2, 0) is 0 Å². The Bertz CT molecular complexity index is 1270. The summed E-state index contributed by atoms with van der Waals surface area (Å²) >= 11 is 6.40. The van der Waals surface area contributed by atoms with Crippen LogP contribution < -0.4 is 15.4 Å². The molecule has 190 valence electrons. The van der Waals surface area contributed by atoms with Crippen LogP contribution in [0.15, 0.2) is 24.5 Å². The number of nitrogens with zero attached hydrogens (tertiary/aromatic N) is 5. The molecule has 3 aromatic rings. The van der Waals surface area contributed by atoms with Crippen molar-refractivity contribution in [2.75, 3.05) is 30.8 Å². The van der Waals surface area contributed by atoms with Crippen LogP contribution in [-0.4, -0.2) is 50.9 Å². The molecule has 2 aromatic heterocycles. The highest BCUT2D eigenvalue weighted by Crippen LogP contribution is 2.40. The zero-order valence-electron chi connectivity index (χ0n) is 20.6. The Balaban J connectivity index is 1.25. The lowest BCUT2D eigenvalue weighted by molar-refractivity contribution is 0.252. The maximum absolute atomic E-state index is 15.3. The molecule has 0 spiro atoms. The highest BCUT2D eigenvalue weighted by Gasteiger charge is 2.28. The first kappa shape index (κ1) is 23.5. The Morgan fingerprint density at radius 1 is 1.06 bits per heavy atom. The minimum atomic E-state index is -0.231. The summed E-state index contributed by atoms with van der Waals surface area (Å²) in [7, 11) is 2.11. The third-order valence-electron chi connectivity index (χ3n) is 7.16. The largest absolute Gasteiger partial charge is 0.488 e. The van der Waals surface area contributed by atoms with E-state index in [4.69, 9.17) is 16.3 Å². The zero-order chi connectivity index (χ0) is 24.8. The lowest BCUT2D eigenvalue weighted by atomic mass is 9.89. The average molecular weight is 512 g/mol. The van der Waals surface area contributed by atoms with Crippen LogP contribution in [0.25, 0.3) is 0 Å². The highest BCUT2D eigenvalue weighted by molar-refractivity contribution is 6.32. The number of likely N-dealkylation sites (tertiary alicyclic amines) is 1. The molecule has 8 nitrogen and oxygen atoms in total. The fraction of sp³-hybridized carbons (Fsp3) is 0.500. The standard InChI is InChI=1S/C26H31ClFN7O/c1-15-23(14-35(33-15)17-3-4-17)30-25-20(27)13-29-26(32-25)31-22-12-21(28)19(11-24(22)36-18-5-6-18)16-7-9-34(2)10-8-16/h11-14,16-18H,3-10H2,1-2H3,(H2,29,30,31,32). The molecule has 1 aromatic carbocycles. The van der Waals surface area contributed by atoms with E-state index in [9.17, 15) is 0 Å². The van der Waals surface area contributed by atoms with E-state index in [2.05, 4.69) is 37.6 Å². The van der Waals surface area contributed by atoms with Gasteiger partial charge in [-0.05, 0) is 83.1 Å². The Morgan fingerprint density at radius 3 is 2.56 bits per heavy atom. The maximum Gasteiger partial charge on any atom is 0.229 e. The lowest BCUT2D eigenvalue weighted by Gasteiger charge is -2.30. The van der Waals surface area contributed by atoms with Gasteiger partial charge in [0.25, 0.3) is 0 Å². The van der Waals surface area contributed by atoms with Gasteiger partial charge in [-0.2, -0.15) is 10.1 Å². The predicted molar refractivity (Wildman–Crippen MR) is 138 cm³/mol. The monoisotopic (exact) mass is 511 g/mol. The number of hydrogen-bond donors (Lipinski definition) is 2. The van der Waals surface area contributed by atoms with Gasteiger partial charge in [0.15, 0.2) is 5.82 Å². The van der Waals surface area contributed by atoms with Crippen LogP contribution in [0.2, 0.25) is 5.02 Å². The first-order chi connectivity index (χ1) is 17.4. The molecule has 0 atom stereocenters. The maximum atomic E-state index is 15.3. The van der Waals surface area contributed by atoms with Gasteiger partial charge in [0.05, 0.1) is 35.4 Å². The minimum Gasteiger partial charge on any atom is -0.488 e. The Hall–Kier alpha value is -2.91. The number of anilines is 4. The third-order valence-corrected chi connectivity index (χ3v) is 7.43. The van der Waals surface area contributed by atoms with Gasteiger partial charge in [-0.15, -0.1) is 0 Å². The van der Waals surface area contributed by atoms with Gasteiger partial charge >= 0.3 is 0 Å². The van der Waals surface area contributed by atoms with Crippen molar-refractivity contribution in [1.29, 1.82) is 0 Å². The highest BCUT2D eigenvalue weighted by atomic mass is 35.5. The van der Waals surface area contributed by atoms with Crippen LogP contribution >= 0.6 is 11.6 Å². The summed E-state index contributed by atoms with van der Waals surface area (Å²) in [5.74, 6) is 1.37. The number of rotatable bonds is 8. The molecule has 2 N–H and O–H groups in total. The van der Waals surface area contributed by atoms with Gasteiger partial charge in [0, 0.05) is 12.3 Å². The molecule has 3 aliphatic rings. The molecule has 6 rings (SSSR count). The molecule has 0 bridgehead atoms. The number of piperidine rings is 1. The van der Waals surface area contributed by atoms with Crippen LogP contribution in [0.5, 0.6) is 5.75 Å². The van der Waals surface area contributed by atoms with E-state index in [0.717, 1.165) is 68.6 Å². The summed E-state index contributed by atoms with van der Waals surface area (Å²) in [4.78, 5) is 11.2. The topological polar surface area (TPSA) is 80.1 Å². The molecule has 2 aliphatic carbocycles. The fourth-order valence-electron chi connectivity index (χ4n) is 4.66. The van der Waals surface area contributed by atoms with Gasteiger partial charge < -0.3 is 20.3 Å². The molecular weight excluding hydrogens is 481 g/mol. The molecule has 36 heavy (non-hydrogen) atoms. The molecule has 10 heteroatoms. The number of aromatic nitrogens is 4. The first-order valence-electron chi connectivity index (χ1n) is 12.7. The van der Waals surface area contributed by atoms with Crippen molar-refractivity contribution in [2.24, 2.45) is 0 Å². The Kier molecular flexibility index (Phi) is 6.21. The Labute approximate surface area is 215 Å². The summed E-state index contributed by atoms with van der Waals surface area (Å²) in [6.07, 6.45) is 9.91. The summed E-state index contributed by atoms with van der Waals surface area (Å²) in [6.45, 7) is 3.89. The van der Waals surface area contributed by atoms with Crippen molar-refractivity contribution in [1.82, 2.24) is 24.6 Å². The molecule has 2 saturated carbocycles. The number of nitrogens with one attached hydrogen (secondary N) is 2. The zero-order valence-corrected chi connectivity index (χ0v) is 21.4. The van der Waals surface area contributed by atoms with Gasteiger partial charge in [0.1, 0.15) is 16.6 Å². The molecule has 3 fully saturated rings. The van der Waals surface area contributed by atoms with E-state index in [0.29, 0.717) is 34.3 Å². The Morgan fingerprint density at radius 2 is 1.83 bits per heavy atom. The average Bonchev–Trinajstić information content (AvgIpc) is 3.78. The van der Waals surface area contributed by atoms with Crippen molar-refractivity contribution in [3.63, 3.8) is 0 Å². The molecular formula is C26H31ClFN7O. The molecule has 0 amide bonds. The van der Waals surface area contributed by atoms with Crippen molar-refractivity contribution < 1.29 is 9.13 Å². The summed E-state index contributed by atoms with van der Waals surface area (Å²) in [6, 6.07) is 3.87. The quantitative estimate of drug-likeness (QED) is 0.387. The van der Waals surface area contributed by atoms with E-state index < -0.39 is 0 Å². The number of halogens is 2. The fourth-order valence-corrected chi connectivity index (χ4v) is 4.79. The number of benzene rings is 1. The van der Waals surface area contributed by atoms with Crippen molar-refractivity contribution in [2.45, 2.75) is 63.5 Å². The SMILES string of the molecule is Cc1nn(C2CC2)cc1Nc1nc(Nc2cc(F)c(C3CCN(C)CC3)cc2OC2CC2)ncc1Cl. The van der Waals surface area contributed by atoms with E-state index >= 15 is 4.39 Å². The summed E-state index contributed by atoms with van der Waals surface area (Å²) < 4.78 is 23.5. The number of ether oxygens (including phenoxy) is 1. The lowest BCUT2D eigenvalue weighted by Crippen LogP contribution is -2.29. The first-order valence-corrected chi connectivity index (χ1v) is 13.1. The van der Waals surface area contributed by atoms with Crippen LogP contribution in [0.3, 0.4) is 0 Å². The summed E-state index contributed by atoms with van der Waals surface area (Å²) in [5, 5.41) is 11.4. The third kappa shape index (κ3) is 5.13. The molecule has 1 aliphatic heterocycles. The normalized spacial score (nSPS) is 18.9. The van der Waals surface area contributed by atoms with E-state index in [1.165, 1.54) is 12.3 Å². The van der Waals surface area contributed by atoms with Gasteiger partial charge in [-0.3, -0.25) is 4.68 Å². The molecule has 1 saturated heterocycles. The van der Waals surface area contributed by atoms with Crippen molar-refractivity contribution in [3.8, 4) is 5.75 Å². The van der Waals surface area contributed by atoms with Crippen LogP contribution in [0.4, 0.5) is 27.5 Å². The predicted octanol–water partition coefficient (Wildman–Crippen LogP) is 5.95. The second kappa shape index (κ2) is 9.52. The van der Waals surface area contributed by atoms with Crippen LogP contribution in [0.1, 0.15) is 61.7 Å². The molecule has 0 radical (unpaired) electrons. The van der Waals surface area contributed by atoms with E-state index in [-0.39, 0.29) is 17.8 Å². The van der Waals surface area contributed by atoms with E-state index in [1.807, 2.05) is 23.9 Å². The van der Waals surface area contributed by atoms with Gasteiger partial charge in [-0.25, -0.2) is 9.37 Å². The minimum absolute atomic E-state index is 0.177.